The first kappa shape index (κ1) is 21.5. The summed E-state index contributed by atoms with van der Waals surface area (Å²) in [5.74, 6) is 1.15. The third-order valence-corrected chi connectivity index (χ3v) is 6.67. The first-order chi connectivity index (χ1) is 14.9. The second kappa shape index (κ2) is 9.16. The van der Waals surface area contributed by atoms with Crippen LogP contribution in [0.2, 0.25) is 0 Å². The highest BCUT2D eigenvalue weighted by Gasteiger charge is 2.20. The fraction of sp³-hybridized carbons (Fsp3) is 0.450. The number of sulfonamides is 1. The summed E-state index contributed by atoms with van der Waals surface area (Å²) in [6.07, 6.45) is 1.69. The van der Waals surface area contributed by atoms with Crippen molar-refractivity contribution < 1.29 is 8.42 Å². The summed E-state index contributed by atoms with van der Waals surface area (Å²) < 4.78 is 29.3. The van der Waals surface area contributed by atoms with Crippen molar-refractivity contribution in [1.82, 2.24) is 29.1 Å². The molecule has 2 N–H and O–H groups in total. The summed E-state index contributed by atoms with van der Waals surface area (Å²) in [6, 6.07) is 9.45. The van der Waals surface area contributed by atoms with Crippen LogP contribution in [-0.2, 0) is 23.6 Å². The average molecular weight is 445 g/mol. The first-order valence-corrected chi connectivity index (χ1v) is 11.9. The van der Waals surface area contributed by atoms with E-state index in [1.807, 2.05) is 41.9 Å². The van der Waals surface area contributed by atoms with E-state index in [0.717, 1.165) is 37.3 Å². The van der Waals surface area contributed by atoms with Crippen LogP contribution in [0.1, 0.15) is 5.56 Å². The number of nitrogens with one attached hydrogen (secondary N) is 2. The number of anilines is 2. The van der Waals surface area contributed by atoms with E-state index in [0.29, 0.717) is 17.4 Å². The molecule has 0 amide bonds. The zero-order valence-corrected chi connectivity index (χ0v) is 18.6. The number of aromatic nitrogens is 4. The van der Waals surface area contributed by atoms with E-state index in [-0.39, 0.29) is 18.8 Å². The molecular formula is C20H28N8O2S. The van der Waals surface area contributed by atoms with Gasteiger partial charge in [-0.15, -0.1) is 0 Å². The van der Waals surface area contributed by atoms with Gasteiger partial charge in [-0.2, -0.15) is 9.97 Å². The van der Waals surface area contributed by atoms with E-state index < -0.39 is 10.0 Å². The second-order valence-corrected chi connectivity index (χ2v) is 9.67. The Bertz CT molecular complexity index is 1120. The number of hydrogen-bond acceptors (Lipinski definition) is 8. The van der Waals surface area contributed by atoms with E-state index in [1.165, 1.54) is 0 Å². The fourth-order valence-corrected chi connectivity index (χ4v) is 4.38. The maximum atomic E-state index is 12.4. The Labute approximate surface area is 182 Å². The van der Waals surface area contributed by atoms with Gasteiger partial charge >= 0.3 is 0 Å². The molecule has 2 aromatic heterocycles. The van der Waals surface area contributed by atoms with Gasteiger partial charge in [-0.3, -0.25) is 0 Å². The Morgan fingerprint density at radius 3 is 2.52 bits per heavy atom. The van der Waals surface area contributed by atoms with Gasteiger partial charge < -0.3 is 19.7 Å². The third kappa shape index (κ3) is 5.30. The zero-order chi connectivity index (χ0) is 21.8. The van der Waals surface area contributed by atoms with E-state index in [9.17, 15) is 8.42 Å². The molecule has 10 nitrogen and oxygen atoms in total. The number of hydrogen-bond donors (Lipinski definition) is 2. The number of aryl methyl sites for hydroxylation is 1. The van der Waals surface area contributed by atoms with Crippen LogP contribution in [0.25, 0.3) is 11.2 Å². The topological polar surface area (TPSA) is 108 Å². The van der Waals surface area contributed by atoms with Crippen LogP contribution >= 0.6 is 0 Å². The number of imidazole rings is 1. The van der Waals surface area contributed by atoms with E-state index >= 15 is 0 Å². The fourth-order valence-electron chi connectivity index (χ4n) is 3.48. The van der Waals surface area contributed by atoms with Gasteiger partial charge in [-0.25, -0.2) is 18.1 Å². The van der Waals surface area contributed by atoms with Crippen molar-refractivity contribution in [2.24, 2.45) is 7.05 Å². The number of piperazine rings is 1. The molecule has 31 heavy (non-hydrogen) atoms. The molecule has 3 aromatic rings. The Morgan fingerprint density at radius 2 is 1.77 bits per heavy atom. The molecule has 0 saturated carbocycles. The molecule has 1 aromatic carbocycles. The highest BCUT2D eigenvalue weighted by Crippen LogP contribution is 2.23. The molecule has 11 heteroatoms. The Balaban J connectivity index is 1.44. The largest absolute Gasteiger partial charge is 0.367 e. The number of fused-ring (bicyclic) bond motifs is 1. The summed E-state index contributed by atoms with van der Waals surface area (Å²) in [6.45, 7) is 4.06. The Kier molecular flexibility index (Phi) is 6.35. The second-order valence-electron chi connectivity index (χ2n) is 7.74. The summed E-state index contributed by atoms with van der Waals surface area (Å²) in [5.41, 5.74) is 2.27. The predicted molar refractivity (Wildman–Crippen MR) is 122 cm³/mol. The van der Waals surface area contributed by atoms with Crippen LogP contribution < -0.4 is 14.9 Å². The number of likely N-dealkylation sites (N-methyl/N-ethyl adjacent to an activating group) is 1. The van der Waals surface area contributed by atoms with Crippen molar-refractivity contribution in [2.45, 2.75) is 6.54 Å². The molecular weight excluding hydrogens is 416 g/mol. The number of nitrogens with zero attached hydrogens (tertiary/aromatic N) is 6. The smallest absolute Gasteiger partial charge is 0.229 e. The standard InChI is InChI=1S/C20H28N8O2S/c1-26-9-11-28(12-10-26)20-24-18(17-19(25-20)22-15-27(17)2)21-8-13-31(29,30)23-14-16-6-4-3-5-7-16/h3-7,15,23H,8-14H2,1-2H3,(H,21,24,25). The lowest BCUT2D eigenvalue weighted by atomic mass is 10.2. The molecule has 0 unspecified atom stereocenters. The van der Waals surface area contributed by atoms with Gasteiger partial charge in [-0.1, -0.05) is 30.3 Å². The highest BCUT2D eigenvalue weighted by atomic mass is 32.2. The molecule has 1 fully saturated rings. The van der Waals surface area contributed by atoms with Crippen molar-refractivity contribution in [1.29, 1.82) is 0 Å². The van der Waals surface area contributed by atoms with Gasteiger partial charge in [0.1, 0.15) is 5.52 Å². The van der Waals surface area contributed by atoms with Crippen LogP contribution in [0.5, 0.6) is 0 Å². The molecule has 1 aliphatic rings. The minimum Gasteiger partial charge on any atom is -0.367 e. The summed E-state index contributed by atoms with van der Waals surface area (Å²) >= 11 is 0. The van der Waals surface area contributed by atoms with Crippen molar-refractivity contribution >= 4 is 33.0 Å². The number of rotatable bonds is 8. The van der Waals surface area contributed by atoms with Crippen LogP contribution in [0, 0.1) is 0 Å². The molecule has 0 atom stereocenters. The maximum absolute atomic E-state index is 12.4. The Morgan fingerprint density at radius 1 is 1.03 bits per heavy atom. The molecule has 1 aliphatic heterocycles. The van der Waals surface area contributed by atoms with Crippen LogP contribution in [0.15, 0.2) is 36.7 Å². The molecule has 4 rings (SSSR count). The summed E-state index contributed by atoms with van der Waals surface area (Å²) in [5, 5.41) is 3.19. The van der Waals surface area contributed by atoms with Gasteiger partial charge in [0, 0.05) is 46.3 Å². The molecule has 0 spiro atoms. The van der Waals surface area contributed by atoms with Gasteiger partial charge in [0.2, 0.25) is 16.0 Å². The summed E-state index contributed by atoms with van der Waals surface area (Å²) in [7, 11) is 0.538. The van der Waals surface area contributed by atoms with Gasteiger partial charge in [-0.05, 0) is 12.6 Å². The molecule has 0 bridgehead atoms. The zero-order valence-electron chi connectivity index (χ0n) is 17.8. The van der Waals surface area contributed by atoms with Crippen LogP contribution in [-0.4, -0.2) is 78.4 Å². The maximum Gasteiger partial charge on any atom is 0.229 e. The van der Waals surface area contributed by atoms with E-state index in [2.05, 4.69) is 36.9 Å². The molecule has 1 saturated heterocycles. The SMILES string of the molecule is CN1CCN(c2nc(NCCS(=O)(=O)NCc3ccccc3)c3c(ncn3C)n2)CC1. The quantitative estimate of drug-likeness (QED) is 0.521. The molecule has 3 heterocycles. The normalized spacial score (nSPS) is 15.5. The van der Waals surface area contributed by atoms with Gasteiger partial charge in [0.15, 0.2) is 11.5 Å². The molecule has 166 valence electrons. The van der Waals surface area contributed by atoms with E-state index in [1.54, 1.807) is 6.33 Å². The minimum absolute atomic E-state index is 0.0625. The van der Waals surface area contributed by atoms with E-state index in [4.69, 9.17) is 4.98 Å². The van der Waals surface area contributed by atoms with Crippen molar-refractivity contribution in [2.75, 3.05) is 55.7 Å². The minimum atomic E-state index is -3.43. The monoisotopic (exact) mass is 444 g/mol. The highest BCUT2D eigenvalue weighted by molar-refractivity contribution is 7.89. The first-order valence-electron chi connectivity index (χ1n) is 10.3. The average Bonchev–Trinajstić information content (AvgIpc) is 3.14. The lowest BCUT2D eigenvalue weighted by Crippen LogP contribution is -2.45. The lowest BCUT2D eigenvalue weighted by Gasteiger charge is -2.32. The molecule has 0 radical (unpaired) electrons. The third-order valence-electron chi connectivity index (χ3n) is 5.35. The van der Waals surface area contributed by atoms with Crippen LogP contribution in [0.3, 0.4) is 0 Å². The van der Waals surface area contributed by atoms with Crippen molar-refractivity contribution in [3.8, 4) is 0 Å². The Hall–Kier alpha value is -2.76. The van der Waals surface area contributed by atoms with Crippen molar-refractivity contribution in [3.05, 3.63) is 42.2 Å². The lowest BCUT2D eigenvalue weighted by molar-refractivity contribution is 0.311. The van der Waals surface area contributed by atoms with Gasteiger partial charge in [0.25, 0.3) is 0 Å². The van der Waals surface area contributed by atoms with Crippen LogP contribution in [0.4, 0.5) is 11.8 Å². The summed E-state index contributed by atoms with van der Waals surface area (Å²) in [4.78, 5) is 18.1. The van der Waals surface area contributed by atoms with Crippen molar-refractivity contribution in [3.63, 3.8) is 0 Å². The van der Waals surface area contributed by atoms with Gasteiger partial charge in [0.05, 0.1) is 12.1 Å². The predicted octanol–water partition coefficient (Wildman–Crippen LogP) is 0.647. The number of benzene rings is 1. The molecule has 0 aliphatic carbocycles.